The van der Waals surface area contributed by atoms with E-state index in [4.69, 9.17) is 9.84 Å². The first kappa shape index (κ1) is 16.0. The highest BCUT2D eigenvalue weighted by Gasteiger charge is 2.21. The van der Waals surface area contributed by atoms with Crippen molar-refractivity contribution in [3.8, 4) is 0 Å². The van der Waals surface area contributed by atoms with Gasteiger partial charge in [-0.15, -0.1) is 0 Å². The minimum Gasteiger partial charge on any atom is -0.396 e. The Balaban J connectivity index is 2.88. The number of hydrogen-bond donors (Lipinski definition) is 2. The zero-order valence-corrected chi connectivity index (χ0v) is 11.8. The summed E-state index contributed by atoms with van der Waals surface area (Å²) in [5.41, 5.74) is -0.651. The molecule has 19 heavy (non-hydrogen) atoms. The third-order valence-corrected chi connectivity index (χ3v) is 2.87. The monoisotopic (exact) mass is 337 g/mol. The van der Waals surface area contributed by atoms with Gasteiger partial charge >= 0.3 is 0 Å². The van der Waals surface area contributed by atoms with Gasteiger partial charge in [-0.2, -0.15) is 0 Å². The number of carbonyl (C=O) groups is 1. The van der Waals surface area contributed by atoms with Crippen molar-refractivity contribution >= 4 is 21.8 Å². The Bertz CT molecular complexity index is 428. The second-order valence-corrected chi connectivity index (χ2v) is 4.80. The van der Waals surface area contributed by atoms with Gasteiger partial charge in [0, 0.05) is 18.2 Å². The van der Waals surface area contributed by atoms with Crippen molar-refractivity contribution in [3.63, 3.8) is 0 Å². The number of methoxy groups -OCH3 is 1. The first-order valence-electron chi connectivity index (χ1n) is 5.54. The van der Waals surface area contributed by atoms with Crippen molar-refractivity contribution < 1.29 is 23.4 Å². The van der Waals surface area contributed by atoms with Crippen LogP contribution in [0, 0.1) is 11.6 Å². The van der Waals surface area contributed by atoms with Crippen LogP contribution < -0.4 is 5.32 Å². The van der Waals surface area contributed by atoms with Crippen molar-refractivity contribution in [1.82, 2.24) is 5.32 Å². The van der Waals surface area contributed by atoms with Crippen LogP contribution in [0.25, 0.3) is 0 Å². The van der Waals surface area contributed by atoms with E-state index in [-0.39, 0.29) is 24.1 Å². The van der Waals surface area contributed by atoms with Gasteiger partial charge in [-0.1, -0.05) is 15.9 Å². The summed E-state index contributed by atoms with van der Waals surface area (Å²) >= 11 is 2.93. The molecule has 0 heterocycles. The number of hydrogen-bond acceptors (Lipinski definition) is 3. The van der Waals surface area contributed by atoms with E-state index in [0.29, 0.717) is 0 Å². The lowest BCUT2D eigenvalue weighted by Gasteiger charge is -2.17. The molecule has 1 aromatic carbocycles. The standard InChI is InChI=1S/C12H14BrF2NO3/c1-19-6-8(2-3-17)16-12(18)11-9(14)4-7(13)5-10(11)15/h4-5,8,17H,2-3,6H2,1H3,(H,16,18). The van der Waals surface area contributed by atoms with Crippen molar-refractivity contribution in [2.45, 2.75) is 12.5 Å². The maximum Gasteiger partial charge on any atom is 0.257 e. The van der Waals surface area contributed by atoms with E-state index >= 15 is 0 Å². The fourth-order valence-corrected chi connectivity index (χ4v) is 1.97. The average Bonchev–Trinajstić information content (AvgIpc) is 2.27. The number of carbonyl (C=O) groups excluding carboxylic acids is 1. The summed E-state index contributed by atoms with van der Waals surface area (Å²) in [7, 11) is 1.43. The number of nitrogens with one attached hydrogen (secondary N) is 1. The van der Waals surface area contributed by atoms with Crippen LogP contribution >= 0.6 is 15.9 Å². The van der Waals surface area contributed by atoms with Gasteiger partial charge in [0.15, 0.2) is 0 Å². The second kappa shape index (κ2) is 7.52. The summed E-state index contributed by atoms with van der Waals surface area (Å²) in [6.07, 6.45) is 0.235. The number of halogens is 3. The van der Waals surface area contributed by atoms with Crippen LogP contribution in [-0.2, 0) is 4.74 Å². The van der Waals surface area contributed by atoms with Gasteiger partial charge in [-0.3, -0.25) is 4.79 Å². The van der Waals surface area contributed by atoms with E-state index in [9.17, 15) is 13.6 Å². The molecule has 0 aliphatic heterocycles. The van der Waals surface area contributed by atoms with Gasteiger partial charge in [-0.05, 0) is 18.6 Å². The van der Waals surface area contributed by atoms with Crippen LogP contribution in [0.3, 0.4) is 0 Å². The Morgan fingerprint density at radius 2 is 2.05 bits per heavy atom. The maximum atomic E-state index is 13.6. The third-order valence-electron chi connectivity index (χ3n) is 2.41. The molecular weight excluding hydrogens is 324 g/mol. The van der Waals surface area contributed by atoms with Gasteiger partial charge in [0.1, 0.15) is 17.2 Å². The highest BCUT2D eigenvalue weighted by molar-refractivity contribution is 9.10. The SMILES string of the molecule is COCC(CCO)NC(=O)c1c(F)cc(Br)cc1F. The molecule has 0 spiro atoms. The van der Waals surface area contributed by atoms with E-state index in [1.807, 2.05) is 0 Å². The summed E-state index contributed by atoms with van der Waals surface area (Å²) in [4.78, 5) is 11.8. The first-order valence-corrected chi connectivity index (χ1v) is 6.34. The van der Waals surface area contributed by atoms with E-state index in [2.05, 4.69) is 21.2 Å². The molecule has 0 radical (unpaired) electrons. The molecular formula is C12H14BrF2NO3. The van der Waals surface area contributed by atoms with E-state index in [1.54, 1.807) is 0 Å². The Kier molecular flexibility index (Phi) is 6.33. The highest BCUT2D eigenvalue weighted by Crippen LogP contribution is 2.19. The quantitative estimate of drug-likeness (QED) is 0.832. The van der Waals surface area contributed by atoms with Crippen LogP contribution in [0.5, 0.6) is 0 Å². The van der Waals surface area contributed by atoms with Gasteiger partial charge in [0.25, 0.3) is 5.91 Å². The molecule has 0 fully saturated rings. The summed E-state index contributed by atoms with van der Waals surface area (Å²) in [5.74, 6) is -2.79. The van der Waals surface area contributed by atoms with E-state index in [0.717, 1.165) is 12.1 Å². The molecule has 4 nitrogen and oxygen atoms in total. The lowest BCUT2D eigenvalue weighted by molar-refractivity contribution is 0.0870. The molecule has 1 amide bonds. The molecule has 0 bridgehead atoms. The summed E-state index contributed by atoms with van der Waals surface area (Å²) in [6.45, 7) is -0.0221. The van der Waals surface area contributed by atoms with Crippen molar-refractivity contribution in [2.24, 2.45) is 0 Å². The molecule has 7 heteroatoms. The minimum absolute atomic E-state index is 0.145. The van der Waals surface area contributed by atoms with Gasteiger partial charge in [0.05, 0.1) is 12.6 Å². The van der Waals surface area contributed by atoms with Gasteiger partial charge in [-0.25, -0.2) is 8.78 Å². The van der Waals surface area contributed by atoms with Crippen LogP contribution in [-0.4, -0.2) is 37.4 Å². The first-order chi connectivity index (χ1) is 8.99. The summed E-state index contributed by atoms with van der Waals surface area (Å²) < 4.78 is 32.2. The number of ether oxygens (including phenoxy) is 1. The van der Waals surface area contributed by atoms with Crippen LogP contribution in [0.4, 0.5) is 8.78 Å². The van der Waals surface area contributed by atoms with E-state index < -0.39 is 29.1 Å². The molecule has 106 valence electrons. The van der Waals surface area contributed by atoms with Gasteiger partial charge in [0.2, 0.25) is 0 Å². The Morgan fingerprint density at radius 3 is 2.53 bits per heavy atom. The van der Waals surface area contributed by atoms with Crippen molar-refractivity contribution in [2.75, 3.05) is 20.3 Å². The molecule has 0 saturated carbocycles. The average molecular weight is 338 g/mol. The number of aliphatic hydroxyl groups excluding tert-OH is 1. The number of rotatable bonds is 6. The fourth-order valence-electron chi connectivity index (χ4n) is 1.57. The van der Waals surface area contributed by atoms with Crippen LogP contribution in [0.1, 0.15) is 16.8 Å². The predicted octanol–water partition coefficient (Wildman–Crippen LogP) is 1.85. The largest absolute Gasteiger partial charge is 0.396 e. The highest BCUT2D eigenvalue weighted by atomic mass is 79.9. The molecule has 0 saturated heterocycles. The topological polar surface area (TPSA) is 58.6 Å². The van der Waals surface area contributed by atoms with Crippen LogP contribution in [0.15, 0.2) is 16.6 Å². The maximum absolute atomic E-state index is 13.6. The zero-order chi connectivity index (χ0) is 14.4. The second-order valence-electron chi connectivity index (χ2n) is 3.88. The molecule has 0 aliphatic rings. The van der Waals surface area contributed by atoms with E-state index in [1.165, 1.54) is 7.11 Å². The minimum atomic E-state index is -0.954. The molecule has 1 unspecified atom stereocenters. The molecule has 1 atom stereocenters. The summed E-state index contributed by atoms with van der Waals surface area (Å²) in [5, 5.41) is 11.2. The Morgan fingerprint density at radius 1 is 1.47 bits per heavy atom. The van der Waals surface area contributed by atoms with Crippen molar-refractivity contribution in [3.05, 3.63) is 33.8 Å². The fraction of sp³-hybridized carbons (Fsp3) is 0.417. The number of aliphatic hydroxyl groups is 1. The number of benzene rings is 1. The zero-order valence-electron chi connectivity index (χ0n) is 10.3. The van der Waals surface area contributed by atoms with Crippen LogP contribution in [0.2, 0.25) is 0 Å². The van der Waals surface area contributed by atoms with Crippen molar-refractivity contribution in [1.29, 1.82) is 0 Å². The Hall–Kier alpha value is -1.05. The molecule has 1 aromatic rings. The Labute approximate surface area is 117 Å². The lowest BCUT2D eigenvalue weighted by Crippen LogP contribution is -2.39. The smallest absolute Gasteiger partial charge is 0.257 e. The molecule has 1 rings (SSSR count). The van der Waals surface area contributed by atoms with Gasteiger partial charge < -0.3 is 15.2 Å². The molecule has 2 N–H and O–H groups in total. The number of amides is 1. The summed E-state index contributed by atoms with van der Waals surface area (Å²) in [6, 6.07) is 1.51. The normalized spacial score (nSPS) is 12.3. The predicted molar refractivity (Wildman–Crippen MR) is 68.9 cm³/mol. The molecule has 0 aromatic heterocycles. The third kappa shape index (κ3) is 4.52. The molecule has 0 aliphatic carbocycles. The lowest BCUT2D eigenvalue weighted by atomic mass is 10.1.